The molecule has 0 radical (unpaired) electrons. The maximum absolute atomic E-state index is 11.5. The summed E-state index contributed by atoms with van der Waals surface area (Å²) in [6, 6.07) is 21.1. The third-order valence-corrected chi connectivity index (χ3v) is 9.60. The van der Waals surface area contributed by atoms with Gasteiger partial charge in [-0.15, -0.1) is 0 Å². The van der Waals surface area contributed by atoms with Crippen LogP contribution in [0.3, 0.4) is 0 Å². The number of esters is 1. The zero-order valence-corrected chi connectivity index (χ0v) is 17.8. The molecule has 0 amide bonds. The van der Waals surface area contributed by atoms with Crippen LogP contribution in [0.15, 0.2) is 72.8 Å². The van der Waals surface area contributed by atoms with Crippen molar-refractivity contribution in [3.05, 3.63) is 72.8 Å². The van der Waals surface area contributed by atoms with Gasteiger partial charge in [-0.25, -0.2) is 4.79 Å². The monoisotopic (exact) mass is 382 g/mol. The Balaban J connectivity index is 2.31. The van der Waals surface area contributed by atoms with E-state index >= 15 is 0 Å². The van der Waals surface area contributed by atoms with Gasteiger partial charge < -0.3 is 9.16 Å². The van der Waals surface area contributed by atoms with E-state index in [1.807, 2.05) is 18.2 Å². The van der Waals surface area contributed by atoms with E-state index in [1.54, 1.807) is 6.92 Å². The Morgan fingerprint density at radius 3 is 1.93 bits per heavy atom. The summed E-state index contributed by atoms with van der Waals surface area (Å²) < 4.78 is 11.7. The van der Waals surface area contributed by atoms with Gasteiger partial charge in [0.25, 0.3) is 8.32 Å². The van der Waals surface area contributed by atoms with Crippen LogP contribution in [-0.2, 0) is 14.0 Å². The van der Waals surface area contributed by atoms with Crippen LogP contribution < -0.4 is 10.4 Å². The second-order valence-electron chi connectivity index (χ2n) is 7.45. The van der Waals surface area contributed by atoms with Crippen LogP contribution in [0.2, 0.25) is 5.04 Å². The minimum absolute atomic E-state index is 0.0411. The van der Waals surface area contributed by atoms with E-state index < -0.39 is 8.32 Å². The quantitative estimate of drug-likeness (QED) is 0.299. The first-order valence-electron chi connectivity index (χ1n) is 9.50. The lowest BCUT2D eigenvalue weighted by molar-refractivity contribution is -0.137. The van der Waals surface area contributed by atoms with E-state index in [-0.39, 0.29) is 11.0 Å². The van der Waals surface area contributed by atoms with E-state index in [1.165, 1.54) is 16.4 Å². The van der Waals surface area contributed by atoms with Gasteiger partial charge in [-0.3, -0.25) is 0 Å². The van der Waals surface area contributed by atoms with Crippen LogP contribution in [-0.4, -0.2) is 27.5 Å². The third kappa shape index (κ3) is 5.18. The van der Waals surface area contributed by atoms with Gasteiger partial charge in [0.2, 0.25) is 0 Å². The van der Waals surface area contributed by atoms with Crippen molar-refractivity contribution in [3.63, 3.8) is 0 Å². The van der Waals surface area contributed by atoms with Crippen molar-refractivity contribution >= 4 is 24.7 Å². The first kappa shape index (κ1) is 21.1. The molecule has 0 spiro atoms. The molecule has 0 aliphatic rings. The van der Waals surface area contributed by atoms with Gasteiger partial charge in [0, 0.05) is 12.7 Å². The lowest BCUT2D eigenvalue weighted by atomic mass is 10.2. The highest BCUT2D eigenvalue weighted by atomic mass is 28.4. The van der Waals surface area contributed by atoms with Gasteiger partial charge in [-0.1, -0.05) is 87.5 Å². The van der Waals surface area contributed by atoms with Crippen molar-refractivity contribution in [2.45, 2.75) is 39.2 Å². The Morgan fingerprint density at radius 2 is 1.48 bits per heavy atom. The number of ether oxygens (including phenoxy) is 1. The molecule has 0 saturated heterocycles. The highest BCUT2D eigenvalue weighted by Crippen LogP contribution is 2.36. The average Bonchev–Trinajstić information content (AvgIpc) is 2.65. The second kappa shape index (κ2) is 9.67. The van der Waals surface area contributed by atoms with Crippen molar-refractivity contribution < 1.29 is 14.0 Å². The molecule has 0 saturated carbocycles. The summed E-state index contributed by atoms with van der Waals surface area (Å²) >= 11 is 0. The lowest BCUT2D eigenvalue weighted by Crippen LogP contribution is -2.66. The summed E-state index contributed by atoms with van der Waals surface area (Å²) in [6.45, 7) is 9.53. The lowest BCUT2D eigenvalue weighted by Gasteiger charge is -2.43. The minimum Gasteiger partial charge on any atom is -0.463 e. The topological polar surface area (TPSA) is 35.5 Å². The second-order valence-corrected chi connectivity index (χ2v) is 11.8. The van der Waals surface area contributed by atoms with Gasteiger partial charge in [0.1, 0.15) is 0 Å². The minimum atomic E-state index is -2.49. The molecule has 0 aromatic heterocycles. The molecule has 0 aliphatic carbocycles. The summed E-state index contributed by atoms with van der Waals surface area (Å²) in [5.74, 6) is -0.303. The number of rotatable bonds is 8. The predicted octanol–water partition coefficient (Wildman–Crippen LogP) is 4.07. The molecule has 2 rings (SSSR count). The molecule has 0 bridgehead atoms. The maximum Gasteiger partial charge on any atom is 0.330 e. The van der Waals surface area contributed by atoms with E-state index in [2.05, 4.69) is 69.3 Å². The molecule has 144 valence electrons. The fourth-order valence-corrected chi connectivity index (χ4v) is 7.99. The Bertz CT molecular complexity index is 694. The smallest absolute Gasteiger partial charge is 0.330 e. The molecule has 0 atom stereocenters. The summed E-state index contributed by atoms with van der Waals surface area (Å²) in [7, 11) is -2.49. The fourth-order valence-electron chi connectivity index (χ4n) is 3.41. The number of carbonyl (C=O) groups is 1. The molecule has 0 unspecified atom stereocenters. The highest BCUT2D eigenvalue weighted by molar-refractivity contribution is 6.99. The zero-order valence-electron chi connectivity index (χ0n) is 16.8. The van der Waals surface area contributed by atoms with Gasteiger partial charge in [-0.05, 0) is 28.8 Å². The Hall–Kier alpha value is -2.17. The standard InChI is InChI=1S/C23H30O3Si/c1-5-25-22(24)18-12-13-19-26-27(23(2,3)4,20-14-8-6-9-15-20)21-16-10-7-11-17-21/h6-12,14-18H,5,13,19H2,1-4H3/b18-12-. The summed E-state index contributed by atoms with van der Waals surface area (Å²) in [6.07, 6.45) is 3.98. The first-order valence-corrected chi connectivity index (χ1v) is 11.4. The normalized spacial score (nSPS) is 12.3. The Morgan fingerprint density at radius 1 is 0.963 bits per heavy atom. The predicted molar refractivity (Wildman–Crippen MR) is 114 cm³/mol. The van der Waals surface area contributed by atoms with Gasteiger partial charge in [0.15, 0.2) is 0 Å². The van der Waals surface area contributed by atoms with E-state index in [0.717, 1.165) is 0 Å². The summed E-state index contributed by atoms with van der Waals surface area (Å²) in [5, 5.41) is 2.48. The van der Waals surface area contributed by atoms with Crippen molar-refractivity contribution in [2.24, 2.45) is 0 Å². The molecule has 2 aromatic rings. The van der Waals surface area contributed by atoms with Gasteiger partial charge in [0.05, 0.1) is 6.61 Å². The molecular formula is C23H30O3Si. The van der Waals surface area contributed by atoms with Crippen molar-refractivity contribution in [2.75, 3.05) is 13.2 Å². The Kier molecular flexibility index (Phi) is 7.57. The number of hydrogen-bond donors (Lipinski definition) is 0. The highest BCUT2D eigenvalue weighted by Gasteiger charge is 2.49. The number of hydrogen-bond acceptors (Lipinski definition) is 3. The van der Waals surface area contributed by atoms with Gasteiger partial charge in [-0.2, -0.15) is 0 Å². The van der Waals surface area contributed by atoms with Crippen LogP contribution in [0.4, 0.5) is 0 Å². The maximum atomic E-state index is 11.5. The Labute approximate surface area is 164 Å². The van der Waals surface area contributed by atoms with Crippen LogP contribution in [0, 0.1) is 0 Å². The average molecular weight is 383 g/mol. The van der Waals surface area contributed by atoms with Gasteiger partial charge >= 0.3 is 5.97 Å². The molecule has 0 fully saturated rings. The van der Waals surface area contributed by atoms with Crippen LogP contribution >= 0.6 is 0 Å². The molecule has 0 heterocycles. The van der Waals surface area contributed by atoms with Crippen molar-refractivity contribution in [1.82, 2.24) is 0 Å². The zero-order chi connectivity index (χ0) is 19.8. The molecule has 27 heavy (non-hydrogen) atoms. The van der Waals surface area contributed by atoms with Crippen molar-refractivity contribution in [3.8, 4) is 0 Å². The summed E-state index contributed by atoms with van der Waals surface area (Å²) in [4.78, 5) is 11.5. The van der Waals surface area contributed by atoms with E-state index in [9.17, 15) is 4.79 Å². The van der Waals surface area contributed by atoms with E-state index in [4.69, 9.17) is 9.16 Å². The first-order chi connectivity index (χ1) is 12.9. The molecule has 0 aliphatic heterocycles. The number of carbonyl (C=O) groups excluding carboxylic acids is 1. The molecule has 2 aromatic carbocycles. The van der Waals surface area contributed by atoms with Crippen molar-refractivity contribution in [1.29, 1.82) is 0 Å². The molecule has 4 heteroatoms. The van der Waals surface area contributed by atoms with Crippen LogP contribution in [0.25, 0.3) is 0 Å². The SMILES string of the molecule is CCOC(=O)/C=C\CCO[Si](c1ccccc1)(c1ccccc1)C(C)(C)C. The third-order valence-electron chi connectivity index (χ3n) is 4.56. The van der Waals surface area contributed by atoms with Crippen LogP contribution in [0.5, 0.6) is 0 Å². The molecule has 3 nitrogen and oxygen atoms in total. The molecular weight excluding hydrogens is 352 g/mol. The number of benzene rings is 2. The largest absolute Gasteiger partial charge is 0.463 e. The van der Waals surface area contributed by atoms with E-state index in [0.29, 0.717) is 19.6 Å². The summed E-state index contributed by atoms with van der Waals surface area (Å²) in [5.41, 5.74) is 0. The fraction of sp³-hybridized carbons (Fsp3) is 0.348. The molecule has 0 N–H and O–H groups in total. The van der Waals surface area contributed by atoms with Crippen LogP contribution in [0.1, 0.15) is 34.1 Å².